The van der Waals surface area contributed by atoms with E-state index < -0.39 is 0 Å². The Bertz CT molecular complexity index is 340. The smallest absolute Gasteiger partial charge is 0.156 e. The molecule has 66 valence electrons. The van der Waals surface area contributed by atoms with Gasteiger partial charge in [-0.1, -0.05) is 6.07 Å². The van der Waals surface area contributed by atoms with Crippen LogP contribution in [0.2, 0.25) is 0 Å². The van der Waals surface area contributed by atoms with Gasteiger partial charge in [0.1, 0.15) is 0 Å². The van der Waals surface area contributed by atoms with Gasteiger partial charge in [0.15, 0.2) is 5.78 Å². The van der Waals surface area contributed by atoms with Gasteiger partial charge in [0.25, 0.3) is 0 Å². The summed E-state index contributed by atoms with van der Waals surface area (Å²) in [7, 11) is 0. The maximum atomic E-state index is 11.1. The molecule has 0 saturated heterocycles. The van der Waals surface area contributed by atoms with Crippen molar-refractivity contribution >= 4 is 11.4 Å². The van der Waals surface area contributed by atoms with Gasteiger partial charge in [-0.3, -0.25) is 9.78 Å². The summed E-state index contributed by atoms with van der Waals surface area (Å²) in [6, 6.07) is 5.78. The first-order valence-electron chi connectivity index (χ1n) is 4.51. The first kappa shape index (κ1) is 8.17. The third-order valence-electron chi connectivity index (χ3n) is 2.20. The molecule has 0 spiro atoms. The molecule has 0 atom stereocenters. The number of hydrogen-bond acceptors (Lipinski definition) is 2. The van der Waals surface area contributed by atoms with E-state index in [2.05, 4.69) is 4.98 Å². The summed E-state index contributed by atoms with van der Waals surface area (Å²) in [5.41, 5.74) is 2.02. The normalized spacial score (nSPS) is 16.9. The van der Waals surface area contributed by atoms with E-state index in [9.17, 15) is 4.79 Å². The summed E-state index contributed by atoms with van der Waals surface area (Å²) >= 11 is 0. The van der Waals surface area contributed by atoms with Crippen LogP contribution in [0.4, 0.5) is 0 Å². The molecule has 0 unspecified atom stereocenters. The van der Waals surface area contributed by atoms with Gasteiger partial charge >= 0.3 is 0 Å². The Labute approximate surface area is 77.3 Å². The molecular weight excluding hydrogens is 162 g/mol. The predicted octanol–water partition coefficient (Wildman–Crippen LogP) is 2.22. The summed E-state index contributed by atoms with van der Waals surface area (Å²) < 4.78 is 0. The van der Waals surface area contributed by atoms with E-state index in [0.717, 1.165) is 24.1 Å². The van der Waals surface area contributed by atoms with Gasteiger partial charge in [-0.15, -0.1) is 0 Å². The van der Waals surface area contributed by atoms with Crippen LogP contribution in [0.1, 0.15) is 25.0 Å². The van der Waals surface area contributed by atoms with Gasteiger partial charge < -0.3 is 0 Å². The zero-order valence-electron chi connectivity index (χ0n) is 7.36. The quantitative estimate of drug-likeness (QED) is 0.651. The van der Waals surface area contributed by atoms with Gasteiger partial charge in [-0.2, -0.15) is 0 Å². The van der Waals surface area contributed by atoms with Crippen LogP contribution >= 0.6 is 0 Å². The van der Waals surface area contributed by atoms with Crippen LogP contribution in [0, 0.1) is 0 Å². The number of carbonyl (C=O) groups is 1. The summed E-state index contributed by atoms with van der Waals surface area (Å²) in [5, 5.41) is 0. The lowest BCUT2D eigenvalue weighted by Crippen LogP contribution is -2.02. The summed E-state index contributed by atoms with van der Waals surface area (Å²) in [5.74, 6) is 0.229. The van der Waals surface area contributed by atoms with Crippen LogP contribution in [0.15, 0.2) is 30.5 Å². The number of rotatable bonds is 1. The van der Waals surface area contributed by atoms with Crippen LogP contribution in [-0.2, 0) is 4.79 Å². The highest BCUT2D eigenvalue weighted by molar-refractivity contribution is 5.97. The van der Waals surface area contributed by atoms with Crippen molar-refractivity contribution in [1.29, 1.82) is 0 Å². The minimum atomic E-state index is 0.229. The van der Waals surface area contributed by atoms with Crippen molar-refractivity contribution in [2.24, 2.45) is 0 Å². The van der Waals surface area contributed by atoms with Crippen molar-refractivity contribution in [1.82, 2.24) is 4.98 Å². The Morgan fingerprint density at radius 2 is 2.15 bits per heavy atom. The predicted molar refractivity (Wildman–Crippen MR) is 51.1 cm³/mol. The second kappa shape index (κ2) is 3.52. The molecule has 1 aromatic heterocycles. The third-order valence-corrected chi connectivity index (χ3v) is 2.20. The average molecular weight is 173 g/mol. The minimum Gasteiger partial charge on any atom is -0.295 e. The Kier molecular flexibility index (Phi) is 2.21. The standard InChI is InChI=1S/C11H11NO/c13-10-5-3-4-9(8-10)11-6-1-2-7-12-11/h1-2,6-8H,3-5H2. The lowest BCUT2D eigenvalue weighted by atomic mass is 9.96. The van der Waals surface area contributed by atoms with Gasteiger partial charge in [0.05, 0.1) is 5.69 Å². The first-order valence-corrected chi connectivity index (χ1v) is 4.51. The summed E-state index contributed by atoms with van der Waals surface area (Å²) in [6.45, 7) is 0. The molecular formula is C11H11NO. The van der Waals surface area contributed by atoms with Crippen molar-refractivity contribution in [3.63, 3.8) is 0 Å². The third kappa shape index (κ3) is 1.83. The van der Waals surface area contributed by atoms with Crippen molar-refractivity contribution in [2.45, 2.75) is 19.3 Å². The van der Waals surface area contributed by atoms with Gasteiger partial charge in [-0.05, 0) is 36.6 Å². The van der Waals surface area contributed by atoms with Crippen LogP contribution in [0.5, 0.6) is 0 Å². The Balaban J connectivity index is 2.31. The first-order chi connectivity index (χ1) is 6.36. The molecule has 1 aromatic rings. The molecule has 2 rings (SSSR count). The van der Waals surface area contributed by atoms with E-state index in [-0.39, 0.29) is 5.78 Å². The van der Waals surface area contributed by atoms with Gasteiger partial charge in [0.2, 0.25) is 0 Å². The van der Waals surface area contributed by atoms with Crippen LogP contribution in [-0.4, -0.2) is 10.8 Å². The molecule has 0 N–H and O–H groups in total. The molecule has 0 saturated carbocycles. The Hall–Kier alpha value is -1.44. The molecule has 0 radical (unpaired) electrons. The number of ketones is 1. The second-order valence-electron chi connectivity index (χ2n) is 3.20. The number of carbonyl (C=O) groups excluding carboxylic acids is 1. The highest BCUT2D eigenvalue weighted by atomic mass is 16.1. The summed E-state index contributed by atoms with van der Waals surface area (Å²) in [6.07, 6.45) is 6.11. The fraction of sp³-hybridized carbons (Fsp3) is 0.273. The largest absolute Gasteiger partial charge is 0.295 e. The highest BCUT2D eigenvalue weighted by Crippen LogP contribution is 2.22. The highest BCUT2D eigenvalue weighted by Gasteiger charge is 2.11. The van der Waals surface area contributed by atoms with E-state index in [1.807, 2.05) is 18.2 Å². The zero-order chi connectivity index (χ0) is 9.10. The molecule has 1 heterocycles. The topological polar surface area (TPSA) is 30.0 Å². The number of nitrogens with zero attached hydrogens (tertiary/aromatic N) is 1. The zero-order valence-corrected chi connectivity index (χ0v) is 7.36. The molecule has 2 nitrogen and oxygen atoms in total. The monoisotopic (exact) mass is 173 g/mol. The summed E-state index contributed by atoms with van der Waals surface area (Å²) in [4.78, 5) is 15.4. The second-order valence-corrected chi connectivity index (χ2v) is 3.20. The van der Waals surface area contributed by atoms with E-state index in [0.29, 0.717) is 6.42 Å². The van der Waals surface area contributed by atoms with Crippen molar-refractivity contribution in [2.75, 3.05) is 0 Å². The van der Waals surface area contributed by atoms with E-state index in [1.165, 1.54) is 0 Å². The number of pyridine rings is 1. The number of aromatic nitrogens is 1. The molecule has 1 aliphatic rings. The molecule has 0 aromatic carbocycles. The lowest BCUT2D eigenvalue weighted by molar-refractivity contribution is -0.114. The lowest BCUT2D eigenvalue weighted by Gasteiger charge is -2.10. The van der Waals surface area contributed by atoms with Gasteiger partial charge in [0, 0.05) is 12.6 Å². The van der Waals surface area contributed by atoms with E-state index >= 15 is 0 Å². The fourth-order valence-corrected chi connectivity index (χ4v) is 1.55. The molecule has 0 amide bonds. The minimum absolute atomic E-state index is 0.229. The molecule has 13 heavy (non-hydrogen) atoms. The Morgan fingerprint density at radius 1 is 1.23 bits per heavy atom. The molecule has 0 aliphatic heterocycles. The number of hydrogen-bond donors (Lipinski definition) is 0. The molecule has 0 fully saturated rings. The molecule has 0 bridgehead atoms. The molecule has 1 aliphatic carbocycles. The number of allylic oxidation sites excluding steroid dienone is 2. The Morgan fingerprint density at radius 3 is 2.85 bits per heavy atom. The van der Waals surface area contributed by atoms with Crippen molar-refractivity contribution in [3.8, 4) is 0 Å². The van der Waals surface area contributed by atoms with Gasteiger partial charge in [-0.25, -0.2) is 0 Å². The maximum Gasteiger partial charge on any atom is 0.156 e. The van der Waals surface area contributed by atoms with Crippen molar-refractivity contribution < 1.29 is 4.79 Å². The SMILES string of the molecule is O=C1C=C(c2ccccn2)CCC1. The maximum absolute atomic E-state index is 11.1. The molecule has 2 heteroatoms. The fourth-order valence-electron chi connectivity index (χ4n) is 1.55. The van der Waals surface area contributed by atoms with E-state index in [4.69, 9.17) is 0 Å². The van der Waals surface area contributed by atoms with Crippen LogP contribution in [0.3, 0.4) is 0 Å². The van der Waals surface area contributed by atoms with Crippen molar-refractivity contribution in [3.05, 3.63) is 36.2 Å². The van der Waals surface area contributed by atoms with Crippen LogP contribution in [0.25, 0.3) is 5.57 Å². The average Bonchev–Trinajstić information content (AvgIpc) is 2.19. The van der Waals surface area contributed by atoms with Crippen LogP contribution < -0.4 is 0 Å². The van der Waals surface area contributed by atoms with E-state index in [1.54, 1.807) is 12.3 Å².